The molecule has 0 saturated carbocycles. The molecule has 0 aromatic carbocycles. The van der Waals surface area contributed by atoms with Crippen LogP contribution in [0.1, 0.15) is 31.5 Å². The number of hydrogen-bond donors (Lipinski definition) is 0. The Labute approximate surface area is 95.0 Å². The summed E-state index contributed by atoms with van der Waals surface area (Å²) < 4.78 is 10.6. The summed E-state index contributed by atoms with van der Waals surface area (Å²) in [5.74, 6) is 1.98. The van der Waals surface area contributed by atoms with Gasteiger partial charge in [-0.25, -0.2) is 0 Å². The van der Waals surface area contributed by atoms with Crippen molar-refractivity contribution in [2.45, 2.75) is 38.7 Å². The van der Waals surface area contributed by atoms with Crippen molar-refractivity contribution in [1.82, 2.24) is 10.2 Å². The molecular weight excluding hydrogens is 216 g/mol. The Morgan fingerprint density at radius 2 is 2.00 bits per heavy atom. The second-order valence-electron chi connectivity index (χ2n) is 3.47. The van der Waals surface area contributed by atoms with E-state index in [1.807, 2.05) is 6.92 Å². The number of hydrogen-bond acceptors (Lipinski definition) is 4. The fourth-order valence-corrected chi connectivity index (χ4v) is 1.29. The lowest BCUT2D eigenvalue weighted by Gasteiger charge is -2.05. The summed E-state index contributed by atoms with van der Waals surface area (Å²) in [5, 5.41) is 7.90. The number of methoxy groups -OCH3 is 1. The van der Waals surface area contributed by atoms with Gasteiger partial charge in [0.15, 0.2) is 0 Å². The lowest BCUT2D eigenvalue weighted by Crippen LogP contribution is -2.05. The van der Waals surface area contributed by atoms with Crippen LogP contribution in [0.15, 0.2) is 4.42 Å². The van der Waals surface area contributed by atoms with Crippen LogP contribution < -0.4 is 0 Å². The van der Waals surface area contributed by atoms with Crippen LogP contribution in [-0.2, 0) is 17.6 Å². The highest BCUT2D eigenvalue weighted by Gasteiger charge is 2.07. The zero-order chi connectivity index (χ0) is 11.1. The van der Waals surface area contributed by atoms with Gasteiger partial charge in [-0.15, -0.1) is 21.8 Å². The lowest BCUT2D eigenvalue weighted by molar-refractivity contribution is 0.109. The number of alkyl halides is 1. The van der Waals surface area contributed by atoms with E-state index in [1.54, 1.807) is 7.11 Å². The predicted molar refractivity (Wildman–Crippen MR) is 58.1 cm³/mol. The van der Waals surface area contributed by atoms with Gasteiger partial charge < -0.3 is 9.15 Å². The topological polar surface area (TPSA) is 48.2 Å². The normalized spacial score (nSPS) is 13.0. The van der Waals surface area contributed by atoms with E-state index in [2.05, 4.69) is 10.2 Å². The maximum atomic E-state index is 5.57. The van der Waals surface area contributed by atoms with Gasteiger partial charge in [-0.05, 0) is 19.8 Å². The second-order valence-corrected chi connectivity index (χ2v) is 3.85. The first-order valence-corrected chi connectivity index (χ1v) is 5.69. The van der Waals surface area contributed by atoms with Crippen molar-refractivity contribution < 1.29 is 9.15 Å². The zero-order valence-electron chi connectivity index (χ0n) is 9.20. The van der Waals surface area contributed by atoms with Gasteiger partial charge in [-0.3, -0.25) is 0 Å². The van der Waals surface area contributed by atoms with Gasteiger partial charge in [-0.2, -0.15) is 0 Å². The summed E-state index contributed by atoms with van der Waals surface area (Å²) in [4.78, 5) is 0. The third kappa shape index (κ3) is 4.62. The molecule has 1 heterocycles. The fraction of sp³-hybridized carbons (Fsp3) is 0.800. The van der Waals surface area contributed by atoms with Crippen molar-refractivity contribution in [2.75, 3.05) is 13.0 Å². The van der Waals surface area contributed by atoms with Crippen molar-refractivity contribution in [3.63, 3.8) is 0 Å². The van der Waals surface area contributed by atoms with Gasteiger partial charge in [0, 0.05) is 25.8 Å². The first kappa shape index (κ1) is 12.5. The predicted octanol–water partition coefficient (Wildman–Crippen LogP) is 2.21. The molecular formula is C10H17ClN2O2. The van der Waals surface area contributed by atoms with Crippen LogP contribution in [0.3, 0.4) is 0 Å². The van der Waals surface area contributed by atoms with Gasteiger partial charge in [0.1, 0.15) is 0 Å². The molecule has 5 heteroatoms. The first-order chi connectivity index (χ1) is 7.26. The molecule has 4 nitrogen and oxygen atoms in total. The third-order valence-electron chi connectivity index (χ3n) is 2.20. The summed E-state index contributed by atoms with van der Waals surface area (Å²) in [6, 6.07) is 0. The minimum absolute atomic E-state index is 0.225. The summed E-state index contributed by atoms with van der Waals surface area (Å²) >= 11 is 5.57. The molecule has 1 rings (SSSR count). The molecule has 1 aromatic rings. The highest BCUT2D eigenvalue weighted by atomic mass is 35.5. The van der Waals surface area contributed by atoms with Crippen LogP contribution in [-0.4, -0.2) is 29.3 Å². The molecule has 0 radical (unpaired) electrons. The van der Waals surface area contributed by atoms with E-state index in [9.17, 15) is 0 Å². The van der Waals surface area contributed by atoms with Crippen LogP contribution in [0.25, 0.3) is 0 Å². The Kier molecular flexibility index (Phi) is 5.65. The average molecular weight is 233 g/mol. The summed E-state index contributed by atoms with van der Waals surface area (Å²) in [7, 11) is 1.70. The fourth-order valence-electron chi connectivity index (χ4n) is 1.15. The SMILES string of the molecule is COC(C)CCc1nnc(CCCCl)o1. The Morgan fingerprint density at radius 1 is 1.33 bits per heavy atom. The van der Waals surface area contributed by atoms with Gasteiger partial charge in [-0.1, -0.05) is 0 Å². The van der Waals surface area contributed by atoms with Crippen LogP contribution in [0.2, 0.25) is 0 Å². The van der Waals surface area contributed by atoms with Crippen LogP contribution in [0.4, 0.5) is 0 Å². The average Bonchev–Trinajstić information content (AvgIpc) is 2.71. The number of aryl methyl sites for hydroxylation is 2. The molecule has 0 N–H and O–H groups in total. The van der Waals surface area contributed by atoms with Crippen molar-refractivity contribution in [1.29, 1.82) is 0 Å². The van der Waals surface area contributed by atoms with E-state index in [0.29, 0.717) is 17.7 Å². The molecule has 0 amide bonds. The van der Waals surface area contributed by atoms with Crippen molar-refractivity contribution >= 4 is 11.6 Å². The highest BCUT2D eigenvalue weighted by Crippen LogP contribution is 2.07. The van der Waals surface area contributed by atoms with E-state index in [0.717, 1.165) is 25.7 Å². The Hall–Kier alpha value is -0.610. The van der Waals surface area contributed by atoms with Gasteiger partial charge >= 0.3 is 0 Å². The second kappa shape index (κ2) is 6.80. The van der Waals surface area contributed by atoms with Crippen molar-refractivity contribution in [3.05, 3.63) is 11.8 Å². The van der Waals surface area contributed by atoms with Gasteiger partial charge in [0.05, 0.1) is 6.10 Å². The molecule has 1 unspecified atom stereocenters. The molecule has 0 spiro atoms. The third-order valence-corrected chi connectivity index (χ3v) is 2.47. The molecule has 0 fully saturated rings. The minimum atomic E-state index is 0.225. The van der Waals surface area contributed by atoms with Crippen LogP contribution in [0.5, 0.6) is 0 Å². The Morgan fingerprint density at radius 3 is 2.60 bits per heavy atom. The van der Waals surface area contributed by atoms with Crippen molar-refractivity contribution in [2.24, 2.45) is 0 Å². The Balaban J connectivity index is 2.32. The van der Waals surface area contributed by atoms with Crippen LogP contribution in [0, 0.1) is 0 Å². The summed E-state index contributed by atoms with van der Waals surface area (Å²) in [5.41, 5.74) is 0. The number of aromatic nitrogens is 2. The van der Waals surface area contributed by atoms with E-state index < -0.39 is 0 Å². The number of ether oxygens (including phenoxy) is 1. The van der Waals surface area contributed by atoms with Gasteiger partial charge in [0.25, 0.3) is 0 Å². The van der Waals surface area contributed by atoms with E-state index in [1.165, 1.54) is 0 Å². The molecule has 0 saturated heterocycles. The molecule has 0 aliphatic carbocycles. The Bertz CT molecular complexity index is 278. The maximum Gasteiger partial charge on any atom is 0.216 e. The smallest absolute Gasteiger partial charge is 0.216 e. The molecule has 0 bridgehead atoms. The summed E-state index contributed by atoms with van der Waals surface area (Å²) in [6.45, 7) is 2.02. The molecule has 0 aliphatic heterocycles. The van der Waals surface area contributed by atoms with E-state index in [-0.39, 0.29) is 6.10 Å². The first-order valence-electron chi connectivity index (χ1n) is 5.16. The monoisotopic (exact) mass is 232 g/mol. The standard InChI is InChI=1S/C10H17ClN2O2/c1-8(14-2)5-6-10-13-12-9(15-10)4-3-7-11/h8H,3-7H2,1-2H3. The number of rotatable bonds is 7. The quantitative estimate of drug-likeness (QED) is 0.677. The molecule has 86 valence electrons. The van der Waals surface area contributed by atoms with E-state index >= 15 is 0 Å². The molecule has 1 aromatic heterocycles. The van der Waals surface area contributed by atoms with Crippen LogP contribution >= 0.6 is 11.6 Å². The number of halogens is 1. The summed E-state index contributed by atoms with van der Waals surface area (Å²) in [6.07, 6.45) is 3.52. The zero-order valence-corrected chi connectivity index (χ0v) is 9.96. The maximum absolute atomic E-state index is 5.57. The highest BCUT2D eigenvalue weighted by molar-refractivity contribution is 6.17. The largest absolute Gasteiger partial charge is 0.425 e. The minimum Gasteiger partial charge on any atom is -0.425 e. The van der Waals surface area contributed by atoms with Gasteiger partial charge in [0.2, 0.25) is 11.8 Å². The number of nitrogens with zero attached hydrogens (tertiary/aromatic N) is 2. The van der Waals surface area contributed by atoms with Crippen molar-refractivity contribution in [3.8, 4) is 0 Å². The van der Waals surface area contributed by atoms with E-state index in [4.69, 9.17) is 20.8 Å². The lowest BCUT2D eigenvalue weighted by atomic mass is 10.2. The molecule has 0 aliphatic rings. The molecule has 15 heavy (non-hydrogen) atoms. The molecule has 1 atom stereocenters.